The number of carbonyl (C=O) groups excluding carboxylic acids is 1. The molecule has 1 amide bonds. The molecule has 0 fully saturated rings. The molecule has 1 aromatic rings. The van der Waals surface area contributed by atoms with Crippen molar-refractivity contribution in [2.45, 2.75) is 19.1 Å². The quantitative estimate of drug-likeness (QED) is 0.512. The largest absolute Gasteiger partial charge is 0.481 e. The topological polar surface area (TPSA) is 84.9 Å². The van der Waals surface area contributed by atoms with Gasteiger partial charge in [-0.2, -0.15) is 0 Å². The summed E-state index contributed by atoms with van der Waals surface area (Å²) < 4.78 is 11.3. The van der Waals surface area contributed by atoms with Gasteiger partial charge < -0.3 is 19.9 Å². The van der Waals surface area contributed by atoms with Crippen LogP contribution in [0.5, 0.6) is 5.75 Å². The highest BCUT2D eigenvalue weighted by molar-refractivity contribution is 9.10. The van der Waals surface area contributed by atoms with Crippen LogP contribution in [0.1, 0.15) is 6.92 Å². The van der Waals surface area contributed by atoms with Crippen LogP contribution in [0.3, 0.4) is 0 Å². The van der Waals surface area contributed by atoms with Crippen molar-refractivity contribution in [1.29, 1.82) is 0 Å². The summed E-state index contributed by atoms with van der Waals surface area (Å²) in [5, 5.41) is 11.4. The highest BCUT2D eigenvalue weighted by atomic mass is 79.9. The van der Waals surface area contributed by atoms with Crippen molar-refractivity contribution in [3.63, 3.8) is 0 Å². The maximum absolute atomic E-state index is 12.0. The highest BCUT2D eigenvalue weighted by Gasteiger charge is 2.24. The molecule has 1 aromatic carbocycles. The summed E-state index contributed by atoms with van der Waals surface area (Å²) in [6, 6.07) is 5.88. The number of hydrogen-bond donors (Lipinski definition) is 2. The van der Waals surface area contributed by atoms with E-state index in [4.69, 9.17) is 14.6 Å². The number of carbonyl (C=O) groups is 2. The van der Waals surface area contributed by atoms with Crippen LogP contribution < -0.4 is 10.1 Å². The summed E-state index contributed by atoms with van der Waals surface area (Å²) in [4.78, 5) is 23.1. The molecule has 0 aliphatic heterocycles. The summed E-state index contributed by atoms with van der Waals surface area (Å²) in [6.45, 7) is 5.07. The first-order valence-electron chi connectivity index (χ1n) is 6.58. The van der Waals surface area contributed by atoms with Crippen LogP contribution in [-0.2, 0) is 14.3 Å². The molecule has 0 aromatic heterocycles. The minimum Gasteiger partial charge on any atom is -0.481 e. The lowest BCUT2D eigenvalue weighted by atomic mass is 10.2. The van der Waals surface area contributed by atoms with Crippen molar-refractivity contribution < 1.29 is 24.2 Å². The molecule has 0 radical (unpaired) electrons. The third-order valence-electron chi connectivity index (χ3n) is 2.61. The highest BCUT2D eigenvalue weighted by Crippen LogP contribution is 2.18. The summed E-state index contributed by atoms with van der Waals surface area (Å²) in [5.74, 6) is -1.20. The lowest BCUT2D eigenvalue weighted by Crippen LogP contribution is -2.48. The predicted molar refractivity (Wildman–Crippen MR) is 84.8 cm³/mol. The Kier molecular flexibility index (Phi) is 7.62. The number of rotatable bonds is 9. The molecule has 7 heteroatoms. The molecule has 6 nitrogen and oxygen atoms in total. The molecular weight excluding hydrogens is 354 g/mol. The maximum atomic E-state index is 12.0. The lowest BCUT2D eigenvalue weighted by molar-refractivity contribution is -0.144. The Morgan fingerprint density at radius 2 is 2.23 bits per heavy atom. The molecule has 0 heterocycles. The number of hydrogen-bond acceptors (Lipinski definition) is 4. The zero-order valence-electron chi connectivity index (χ0n) is 12.1. The Morgan fingerprint density at radius 3 is 2.82 bits per heavy atom. The molecule has 2 unspecified atom stereocenters. The first kappa shape index (κ1) is 18.2. The molecule has 120 valence electrons. The van der Waals surface area contributed by atoms with Gasteiger partial charge in [0.2, 0.25) is 0 Å². The Balaban J connectivity index is 2.57. The molecule has 22 heavy (non-hydrogen) atoms. The van der Waals surface area contributed by atoms with E-state index in [0.717, 1.165) is 4.47 Å². The standard InChI is InChI=1S/C15H18BrNO5/c1-3-7-21-9-13(15(19)20)17-14(18)10(2)22-12-6-4-5-11(16)8-12/h3-6,8,10,13H,1,7,9H2,2H3,(H,17,18)(H,19,20). The van der Waals surface area contributed by atoms with Gasteiger partial charge in [-0.15, -0.1) is 6.58 Å². The van der Waals surface area contributed by atoms with E-state index < -0.39 is 24.0 Å². The minimum absolute atomic E-state index is 0.142. The van der Waals surface area contributed by atoms with Gasteiger partial charge in [0.15, 0.2) is 12.1 Å². The fourth-order valence-electron chi connectivity index (χ4n) is 1.53. The van der Waals surface area contributed by atoms with Gasteiger partial charge in [-0.1, -0.05) is 28.1 Å². The van der Waals surface area contributed by atoms with Crippen molar-refractivity contribution in [2.75, 3.05) is 13.2 Å². The third kappa shape index (κ3) is 6.28. The van der Waals surface area contributed by atoms with Crippen molar-refractivity contribution in [2.24, 2.45) is 0 Å². The minimum atomic E-state index is -1.17. The van der Waals surface area contributed by atoms with Crippen molar-refractivity contribution in [3.8, 4) is 5.75 Å². The van der Waals surface area contributed by atoms with Gasteiger partial charge in [0, 0.05) is 4.47 Å². The van der Waals surface area contributed by atoms with E-state index in [1.165, 1.54) is 6.08 Å². The fourth-order valence-corrected chi connectivity index (χ4v) is 1.91. The Morgan fingerprint density at radius 1 is 1.50 bits per heavy atom. The van der Waals surface area contributed by atoms with E-state index in [9.17, 15) is 9.59 Å². The second-order valence-electron chi connectivity index (χ2n) is 4.44. The maximum Gasteiger partial charge on any atom is 0.328 e. The van der Waals surface area contributed by atoms with Crippen molar-refractivity contribution in [1.82, 2.24) is 5.32 Å². The summed E-state index contributed by atoms with van der Waals surface area (Å²) in [6.07, 6.45) is 0.662. The zero-order valence-corrected chi connectivity index (χ0v) is 13.7. The fraction of sp³-hybridized carbons (Fsp3) is 0.333. The van der Waals surface area contributed by atoms with Gasteiger partial charge in [-0.3, -0.25) is 4.79 Å². The first-order valence-corrected chi connectivity index (χ1v) is 7.37. The van der Waals surface area contributed by atoms with Crippen LogP contribution in [-0.4, -0.2) is 42.3 Å². The van der Waals surface area contributed by atoms with E-state index >= 15 is 0 Å². The number of aliphatic carboxylic acids is 1. The zero-order chi connectivity index (χ0) is 16.5. The molecule has 0 saturated heterocycles. The molecule has 1 rings (SSSR count). The van der Waals surface area contributed by atoms with Crippen LogP contribution in [0, 0.1) is 0 Å². The van der Waals surface area contributed by atoms with Gasteiger partial charge in [0.25, 0.3) is 5.91 Å². The first-order chi connectivity index (χ1) is 10.4. The van der Waals surface area contributed by atoms with Crippen LogP contribution in [0.15, 0.2) is 41.4 Å². The van der Waals surface area contributed by atoms with Crippen LogP contribution >= 0.6 is 15.9 Å². The van der Waals surface area contributed by atoms with Crippen molar-refractivity contribution >= 4 is 27.8 Å². The van der Waals surface area contributed by atoms with Gasteiger partial charge in [-0.25, -0.2) is 4.79 Å². The number of ether oxygens (including phenoxy) is 2. The number of carboxylic acids is 1. The molecule has 0 spiro atoms. The molecule has 0 saturated carbocycles. The van der Waals surface area contributed by atoms with E-state index in [1.54, 1.807) is 25.1 Å². The van der Waals surface area contributed by atoms with E-state index in [0.29, 0.717) is 5.75 Å². The Hall–Kier alpha value is -1.86. The molecular formula is C15H18BrNO5. The summed E-state index contributed by atoms with van der Waals surface area (Å²) in [7, 11) is 0. The molecule has 2 atom stereocenters. The number of benzene rings is 1. The average Bonchev–Trinajstić information content (AvgIpc) is 2.46. The monoisotopic (exact) mass is 371 g/mol. The Bertz CT molecular complexity index is 534. The van der Waals surface area contributed by atoms with Crippen LogP contribution in [0.2, 0.25) is 0 Å². The second-order valence-corrected chi connectivity index (χ2v) is 5.36. The van der Waals surface area contributed by atoms with E-state index in [1.807, 2.05) is 6.07 Å². The van der Waals surface area contributed by atoms with Gasteiger partial charge in [-0.05, 0) is 25.1 Å². The Labute approximate surface area is 137 Å². The summed E-state index contributed by atoms with van der Waals surface area (Å²) in [5.41, 5.74) is 0. The smallest absolute Gasteiger partial charge is 0.328 e. The van der Waals surface area contributed by atoms with Gasteiger partial charge in [0.1, 0.15) is 5.75 Å². The number of amides is 1. The number of nitrogens with one attached hydrogen (secondary N) is 1. The second kappa shape index (κ2) is 9.22. The van der Waals surface area contributed by atoms with Gasteiger partial charge >= 0.3 is 5.97 Å². The molecule has 2 N–H and O–H groups in total. The SMILES string of the molecule is C=CCOCC(NC(=O)C(C)Oc1cccc(Br)c1)C(=O)O. The molecule has 0 aliphatic carbocycles. The predicted octanol–water partition coefficient (Wildman–Crippen LogP) is 1.99. The molecule has 0 aliphatic rings. The van der Waals surface area contributed by atoms with Gasteiger partial charge in [0.05, 0.1) is 13.2 Å². The molecule has 0 bridgehead atoms. The third-order valence-corrected chi connectivity index (χ3v) is 3.11. The van der Waals surface area contributed by atoms with E-state index in [2.05, 4.69) is 27.8 Å². The van der Waals surface area contributed by atoms with E-state index in [-0.39, 0.29) is 13.2 Å². The number of carboxylic acid groups (broad SMARTS) is 1. The van der Waals surface area contributed by atoms with Crippen LogP contribution in [0.4, 0.5) is 0 Å². The van der Waals surface area contributed by atoms with Crippen molar-refractivity contribution in [3.05, 3.63) is 41.4 Å². The summed E-state index contributed by atoms with van der Waals surface area (Å²) >= 11 is 3.30. The van der Waals surface area contributed by atoms with Crippen LogP contribution in [0.25, 0.3) is 0 Å². The average molecular weight is 372 g/mol. The number of halogens is 1. The lowest BCUT2D eigenvalue weighted by Gasteiger charge is -2.18. The normalized spacial score (nSPS) is 13.0.